The van der Waals surface area contributed by atoms with E-state index in [0.29, 0.717) is 11.6 Å². The molecule has 1 aromatic heterocycles. The Morgan fingerprint density at radius 2 is 2.04 bits per heavy atom. The zero-order chi connectivity index (χ0) is 19.1. The van der Waals surface area contributed by atoms with E-state index >= 15 is 0 Å². The van der Waals surface area contributed by atoms with Gasteiger partial charge >= 0.3 is 0 Å². The molecule has 1 aliphatic carbocycles. The summed E-state index contributed by atoms with van der Waals surface area (Å²) in [5, 5.41) is 9.38. The van der Waals surface area contributed by atoms with Crippen LogP contribution in [0.5, 0.6) is 0 Å². The van der Waals surface area contributed by atoms with Crippen molar-refractivity contribution in [2.24, 2.45) is 4.99 Å². The van der Waals surface area contributed by atoms with Gasteiger partial charge in [-0.3, -0.25) is 9.78 Å². The second-order valence-electron chi connectivity index (χ2n) is 6.60. The van der Waals surface area contributed by atoms with Crippen LogP contribution < -0.4 is 16.0 Å². The summed E-state index contributed by atoms with van der Waals surface area (Å²) in [7, 11) is 0. The van der Waals surface area contributed by atoms with Crippen LogP contribution in [-0.4, -0.2) is 36.5 Å². The summed E-state index contributed by atoms with van der Waals surface area (Å²) in [4.78, 5) is 20.5. The summed E-state index contributed by atoms with van der Waals surface area (Å²) in [6.07, 6.45) is 5.56. The molecule has 1 fully saturated rings. The van der Waals surface area contributed by atoms with Crippen LogP contribution in [0.4, 0.5) is 5.69 Å². The minimum absolute atomic E-state index is 0.0479. The van der Waals surface area contributed by atoms with E-state index in [-0.39, 0.29) is 17.9 Å². The molecule has 3 rings (SSSR count). The summed E-state index contributed by atoms with van der Waals surface area (Å²) in [5.41, 5.74) is 2.12. The third-order valence-corrected chi connectivity index (χ3v) is 5.25. The SMILES string of the molecule is CCNC(=NCC(=O)Nc1cccnc1)NCC1(c2ccccc2Br)CC1. The van der Waals surface area contributed by atoms with E-state index in [0.717, 1.165) is 30.4 Å². The van der Waals surface area contributed by atoms with Gasteiger partial charge in [0.25, 0.3) is 0 Å². The van der Waals surface area contributed by atoms with Gasteiger partial charge in [-0.1, -0.05) is 34.1 Å². The molecular weight excluding hydrogens is 406 g/mol. The van der Waals surface area contributed by atoms with Crippen molar-refractivity contribution in [3.05, 3.63) is 58.8 Å². The number of guanidine groups is 1. The van der Waals surface area contributed by atoms with E-state index in [9.17, 15) is 4.79 Å². The number of carbonyl (C=O) groups excluding carboxylic acids is 1. The highest BCUT2D eigenvalue weighted by atomic mass is 79.9. The molecule has 1 saturated carbocycles. The zero-order valence-corrected chi connectivity index (χ0v) is 16.9. The minimum atomic E-state index is -0.174. The molecule has 1 heterocycles. The Hall–Kier alpha value is -2.41. The third kappa shape index (κ3) is 5.29. The topological polar surface area (TPSA) is 78.4 Å². The fourth-order valence-corrected chi connectivity index (χ4v) is 3.67. The van der Waals surface area contributed by atoms with Crippen molar-refractivity contribution >= 4 is 33.5 Å². The lowest BCUT2D eigenvalue weighted by Crippen LogP contribution is -2.41. The lowest BCUT2D eigenvalue weighted by atomic mass is 9.96. The molecule has 6 nitrogen and oxygen atoms in total. The number of halogens is 1. The van der Waals surface area contributed by atoms with E-state index in [1.54, 1.807) is 24.5 Å². The normalized spacial score (nSPS) is 15.1. The lowest BCUT2D eigenvalue weighted by Gasteiger charge is -2.20. The van der Waals surface area contributed by atoms with Crippen LogP contribution in [0.3, 0.4) is 0 Å². The summed E-state index contributed by atoms with van der Waals surface area (Å²) in [5.74, 6) is 0.476. The predicted molar refractivity (Wildman–Crippen MR) is 112 cm³/mol. The molecule has 7 heteroatoms. The predicted octanol–water partition coefficient (Wildman–Crippen LogP) is 3.07. The number of nitrogens with one attached hydrogen (secondary N) is 3. The maximum atomic E-state index is 12.1. The highest BCUT2D eigenvalue weighted by molar-refractivity contribution is 9.10. The molecule has 0 bridgehead atoms. The smallest absolute Gasteiger partial charge is 0.246 e. The van der Waals surface area contributed by atoms with Gasteiger partial charge in [-0.05, 0) is 43.5 Å². The standard InChI is InChI=1S/C20H24BrN5O/c1-2-23-19(24-13-18(27)26-15-6-5-11-22-12-15)25-14-20(9-10-20)16-7-3-4-8-17(16)21/h3-8,11-12H,2,9-10,13-14H2,1H3,(H,26,27)(H2,23,24,25). The van der Waals surface area contributed by atoms with Crippen molar-refractivity contribution in [1.82, 2.24) is 15.6 Å². The molecule has 1 aromatic carbocycles. The molecule has 0 atom stereocenters. The number of hydrogen-bond donors (Lipinski definition) is 3. The first-order chi connectivity index (χ1) is 13.1. The molecular formula is C20H24BrN5O. The molecule has 0 spiro atoms. The maximum Gasteiger partial charge on any atom is 0.246 e. The van der Waals surface area contributed by atoms with Gasteiger partial charge in [0.1, 0.15) is 6.54 Å². The average molecular weight is 430 g/mol. The van der Waals surface area contributed by atoms with E-state index in [1.165, 1.54) is 5.56 Å². The summed E-state index contributed by atoms with van der Waals surface area (Å²) < 4.78 is 1.14. The second kappa shape index (κ2) is 8.99. The number of aliphatic imine (C=N–C) groups is 1. The van der Waals surface area contributed by atoms with Crippen molar-refractivity contribution in [2.75, 3.05) is 25.0 Å². The first-order valence-electron chi connectivity index (χ1n) is 9.10. The van der Waals surface area contributed by atoms with Gasteiger partial charge in [-0.2, -0.15) is 0 Å². The Balaban J connectivity index is 1.58. The molecule has 0 saturated heterocycles. The molecule has 1 amide bonds. The van der Waals surface area contributed by atoms with Crippen LogP contribution in [0.15, 0.2) is 58.3 Å². The molecule has 0 aliphatic heterocycles. The van der Waals surface area contributed by atoms with E-state index < -0.39 is 0 Å². The van der Waals surface area contributed by atoms with Crippen LogP contribution in [0.1, 0.15) is 25.3 Å². The van der Waals surface area contributed by atoms with Gasteiger partial charge < -0.3 is 16.0 Å². The quantitative estimate of drug-likeness (QED) is 0.466. The molecule has 142 valence electrons. The maximum absolute atomic E-state index is 12.1. The number of pyridine rings is 1. The fourth-order valence-electron chi connectivity index (χ4n) is 2.97. The van der Waals surface area contributed by atoms with Crippen molar-refractivity contribution in [1.29, 1.82) is 0 Å². The second-order valence-corrected chi connectivity index (χ2v) is 7.45. The Bertz CT molecular complexity index is 805. The highest BCUT2D eigenvalue weighted by Crippen LogP contribution is 2.49. The largest absolute Gasteiger partial charge is 0.357 e. The number of aromatic nitrogens is 1. The van der Waals surface area contributed by atoms with Gasteiger partial charge in [-0.15, -0.1) is 0 Å². The Labute approximate surface area is 168 Å². The number of benzene rings is 1. The molecule has 0 unspecified atom stereocenters. The minimum Gasteiger partial charge on any atom is -0.357 e. The van der Waals surface area contributed by atoms with Crippen LogP contribution in [-0.2, 0) is 10.2 Å². The van der Waals surface area contributed by atoms with Crippen molar-refractivity contribution in [2.45, 2.75) is 25.2 Å². The van der Waals surface area contributed by atoms with Crippen LogP contribution in [0.2, 0.25) is 0 Å². The van der Waals surface area contributed by atoms with Crippen molar-refractivity contribution < 1.29 is 4.79 Å². The van der Waals surface area contributed by atoms with E-state index in [4.69, 9.17) is 0 Å². The van der Waals surface area contributed by atoms with Gasteiger partial charge in [-0.25, -0.2) is 4.99 Å². The number of carbonyl (C=O) groups is 1. The number of rotatable bonds is 7. The first-order valence-corrected chi connectivity index (χ1v) is 9.89. The Kier molecular flexibility index (Phi) is 6.45. The molecule has 1 aliphatic rings. The molecule has 0 radical (unpaired) electrons. The monoisotopic (exact) mass is 429 g/mol. The van der Waals surface area contributed by atoms with Gasteiger partial charge in [0.2, 0.25) is 5.91 Å². The zero-order valence-electron chi connectivity index (χ0n) is 15.3. The summed E-state index contributed by atoms with van der Waals surface area (Å²) in [6.45, 7) is 3.57. The number of hydrogen-bond acceptors (Lipinski definition) is 3. The Morgan fingerprint density at radius 3 is 2.70 bits per heavy atom. The molecule has 2 aromatic rings. The van der Waals surface area contributed by atoms with E-state index in [1.807, 2.05) is 13.0 Å². The van der Waals surface area contributed by atoms with Crippen molar-refractivity contribution in [3.8, 4) is 0 Å². The highest BCUT2D eigenvalue weighted by Gasteiger charge is 2.45. The van der Waals surface area contributed by atoms with Gasteiger partial charge in [0, 0.05) is 29.2 Å². The first kappa shape index (κ1) is 19.4. The Morgan fingerprint density at radius 1 is 1.22 bits per heavy atom. The lowest BCUT2D eigenvalue weighted by molar-refractivity contribution is -0.114. The number of nitrogens with zero attached hydrogens (tertiary/aromatic N) is 2. The third-order valence-electron chi connectivity index (χ3n) is 4.56. The number of anilines is 1. The number of amides is 1. The van der Waals surface area contributed by atoms with Crippen LogP contribution in [0, 0.1) is 0 Å². The summed E-state index contributed by atoms with van der Waals surface area (Å²) in [6, 6.07) is 11.9. The fraction of sp³-hybridized carbons (Fsp3) is 0.350. The van der Waals surface area contributed by atoms with Gasteiger partial charge in [0.15, 0.2) is 5.96 Å². The van der Waals surface area contributed by atoms with E-state index in [2.05, 4.69) is 60.1 Å². The average Bonchev–Trinajstić information content (AvgIpc) is 3.46. The van der Waals surface area contributed by atoms with Crippen LogP contribution >= 0.6 is 15.9 Å². The molecule has 3 N–H and O–H groups in total. The van der Waals surface area contributed by atoms with Crippen molar-refractivity contribution in [3.63, 3.8) is 0 Å². The molecule has 27 heavy (non-hydrogen) atoms. The summed E-state index contributed by atoms with van der Waals surface area (Å²) >= 11 is 3.66. The van der Waals surface area contributed by atoms with Crippen LogP contribution in [0.25, 0.3) is 0 Å². The van der Waals surface area contributed by atoms with Gasteiger partial charge in [0.05, 0.1) is 11.9 Å².